The Morgan fingerprint density at radius 1 is 1.24 bits per heavy atom. The average molecular weight is 365 g/mol. The quantitative estimate of drug-likeness (QED) is 0.543. The molecule has 2 aromatic rings. The van der Waals surface area contributed by atoms with Crippen LogP contribution < -0.4 is 22.1 Å². The number of anilines is 1. The Balaban J connectivity index is 2.08. The largest absolute Gasteiger partial charge is 0.332 e. The summed E-state index contributed by atoms with van der Waals surface area (Å²) < 4.78 is 2.12. The minimum atomic E-state index is -0.534. The summed E-state index contributed by atoms with van der Waals surface area (Å²) in [4.78, 5) is 54.0. The van der Waals surface area contributed by atoms with Crippen LogP contribution in [0.5, 0.6) is 0 Å². The molecule has 0 spiro atoms. The summed E-state index contributed by atoms with van der Waals surface area (Å²) >= 11 is 1.07. The summed E-state index contributed by atoms with van der Waals surface area (Å²) in [6, 6.07) is 2.61. The Kier molecular flexibility index (Phi) is 5.97. The van der Waals surface area contributed by atoms with Crippen LogP contribution in [0.2, 0.25) is 0 Å². The van der Waals surface area contributed by atoms with E-state index in [9.17, 15) is 19.2 Å². The lowest BCUT2D eigenvalue weighted by Crippen LogP contribution is -2.38. The molecule has 0 saturated carbocycles. The molecular formula is C15H19N5O4S. The van der Waals surface area contributed by atoms with Crippen LogP contribution >= 0.6 is 11.8 Å². The van der Waals surface area contributed by atoms with E-state index in [0.717, 1.165) is 22.7 Å². The number of carbonyl (C=O) groups is 1. The van der Waals surface area contributed by atoms with Gasteiger partial charge in [0, 0.05) is 31.9 Å². The third-order valence-electron chi connectivity index (χ3n) is 3.41. The van der Waals surface area contributed by atoms with E-state index in [-0.39, 0.29) is 17.1 Å². The molecule has 0 aromatic carbocycles. The minimum absolute atomic E-state index is 0.0259. The van der Waals surface area contributed by atoms with Gasteiger partial charge in [0.25, 0.3) is 11.1 Å². The number of aromatic nitrogens is 4. The molecule has 1 amide bonds. The normalized spacial score (nSPS) is 10.7. The van der Waals surface area contributed by atoms with Crippen LogP contribution in [0.4, 0.5) is 5.82 Å². The van der Waals surface area contributed by atoms with Crippen LogP contribution in [-0.4, -0.2) is 30.8 Å². The van der Waals surface area contributed by atoms with Crippen molar-refractivity contribution in [2.45, 2.75) is 24.9 Å². The highest BCUT2D eigenvalue weighted by atomic mass is 32.2. The smallest absolute Gasteiger partial charge is 0.311 e. The number of hydrogen-bond donors (Lipinski definition) is 2. The highest BCUT2D eigenvalue weighted by Gasteiger charge is 2.11. The number of H-pyrrole nitrogens is 1. The van der Waals surface area contributed by atoms with Crippen molar-refractivity contribution in [2.75, 3.05) is 11.1 Å². The van der Waals surface area contributed by atoms with Crippen LogP contribution in [0.3, 0.4) is 0 Å². The maximum atomic E-state index is 12.1. The van der Waals surface area contributed by atoms with E-state index in [1.165, 1.54) is 30.8 Å². The van der Waals surface area contributed by atoms with E-state index in [1.54, 1.807) is 0 Å². The second-order valence-corrected chi connectivity index (χ2v) is 6.36. The third-order valence-corrected chi connectivity index (χ3v) is 4.29. The summed E-state index contributed by atoms with van der Waals surface area (Å²) in [5, 5.41) is 2.86. The monoisotopic (exact) mass is 365 g/mol. The molecular weight excluding hydrogens is 346 g/mol. The van der Waals surface area contributed by atoms with Gasteiger partial charge in [0.1, 0.15) is 5.82 Å². The fourth-order valence-corrected chi connectivity index (χ4v) is 2.80. The van der Waals surface area contributed by atoms with Gasteiger partial charge in [-0.3, -0.25) is 23.5 Å². The first-order valence-corrected chi connectivity index (χ1v) is 8.60. The van der Waals surface area contributed by atoms with Gasteiger partial charge in [-0.2, -0.15) is 0 Å². The first-order chi connectivity index (χ1) is 11.8. The van der Waals surface area contributed by atoms with Crippen molar-refractivity contribution in [3.63, 3.8) is 0 Å². The number of carbonyl (C=O) groups excluding carboxylic acids is 1. The summed E-state index contributed by atoms with van der Waals surface area (Å²) in [6.45, 7) is 1.98. The number of aryl methyl sites for hydroxylation is 1. The Labute approximate surface area is 147 Å². The predicted octanol–water partition coefficient (Wildman–Crippen LogP) is -0.149. The Morgan fingerprint density at radius 2 is 1.96 bits per heavy atom. The van der Waals surface area contributed by atoms with Crippen molar-refractivity contribution in [1.82, 2.24) is 19.1 Å². The van der Waals surface area contributed by atoms with Crippen molar-refractivity contribution in [2.24, 2.45) is 14.1 Å². The zero-order chi connectivity index (χ0) is 18.6. The lowest BCUT2D eigenvalue weighted by atomic mass is 10.2. The first-order valence-electron chi connectivity index (χ1n) is 7.61. The van der Waals surface area contributed by atoms with Gasteiger partial charge in [0.05, 0.1) is 5.75 Å². The van der Waals surface area contributed by atoms with Crippen molar-refractivity contribution in [3.05, 3.63) is 49.0 Å². The lowest BCUT2D eigenvalue weighted by Gasteiger charge is -2.10. The van der Waals surface area contributed by atoms with Crippen molar-refractivity contribution < 1.29 is 4.79 Å². The second-order valence-electron chi connectivity index (χ2n) is 5.40. The SMILES string of the molecule is CCCc1cc(=O)[nH]c(SCC(=O)Nc2cc(=O)n(C)c(=O)n2C)n1. The summed E-state index contributed by atoms with van der Waals surface area (Å²) in [5.41, 5.74) is -0.642. The number of hydrogen-bond acceptors (Lipinski definition) is 6. The number of aromatic amines is 1. The van der Waals surface area contributed by atoms with Crippen molar-refractivity contribution in [1.29, 1.82) is 0 Å². The molecule has 10 heteroatoms. The number of amides is 1. The molecule has 0 radical (unpaired) electrons. The fraction of sp³-hybridized carbons (Fsp3) is 0.400. The van der Waals surface area contributed by atoms with Crippen LogP contribution in [0.15, 0.2) is 31.7 Å². The van der Waals surface area contributed by atoms with Gasteiger partial charge in [-0.25, -0.2) is 9.78 Å². The molecule has 0 bridgehead atoms. The van der Waals surface area contributed by atoms with Gasteiger partial charge >= 0.3 is 5.69 Å². The summed E-state index contributed by atoms with van der Waals surface area (Å²) in [6.07, 6.45) is 1.54. The predicted molar refractivity (Wildman–Crippen MR) is 95.1 cm³/mol. The van der Waals surface area contributed by atoms with Crippen LogP contribution in [-0.2, 0) is 25.3 Å². The van der Waals surface area contributed by atoms with Gasteiger partial charge in [-0.05, 0) is 6.42 Å². The molecule has 2 heterocycles. The molecule has 2 N–H and O–H groups in total. The number of rotatable bonds is 6. The molecule has 0 aliphatic carbocycles. The van der Waals surface area contributed by atoms with E-state index in [4.69, 9.17) is 0 Å². The van der Waals surface area contributed by atoms with E-state index in [2.05, 4.69) is 15.3 Å². The molecule has 0 unspecified atom stereocenters. The van der Waals surface area contributed by atoms with Crippen LogP contribution in [0.25, 0.3) is 0 Å². The number of nitrogens with one attached hydrogen (secondary N) is 2. The molecule has 0 aliphatic heterocycles. The van der Waals surface area contributed by atoms with Gasteiger partial charge < -0.3 is 10.3 Å². The maximum Gasteiger partial charge on any atom is 0.332 e. The highest BCUT2D eigenvalue weighted by molar-refractivity contribution is 7.99. The third kappa shape index (κ3) is 4.69. The topological polar surface area (TPSA) is 119 Å². The van der Waals surface area contributed by atoms with Crippen LogP contribution in [0.1, 0.15) is 19.0 Å². The Hall–Kier alpha value is -2.62. The standard InChI is InChI=1S/C15H19N5O4S/c1-4-5-9-6-11(21)18-14(16-9)25-8-12(22)17-10-7-13(23)20(3)15(24)19(10)2/h6-7H,4-5,8H2,1-3H3,(H,17,22)(H,16,18,21). The van der Waals surface area contributed by atoms with Gasteiger partial charge in [-0.15, -0.1) is 0 Å². The average Bonchev–Trinajstić information content (AvgIpc) is 2.56. The molecule has 134 valence electrons. The van der Waals surface area contributed by atoms with E-state index in [1.807, 2.05) is 6.92 Å². The zero-order valence-electron chi connectivity index (χ0n) is 14.2. The van der Waals surface area contributed by atoms with Crippen molar-refractivity contribution in [3.8, 4) is 0 Å². The van der Waals surface area contributed by atoms with Gasteiger partial charge in [0.2, 0.25) is 5.91 Å². The molecule has 0 saturated heterocycles. The Morgan fingerprint density at radius 3 is 2.64 bits per heavy atom. The fourth-order valence-electron chi connectivity index (χ4n) is 2.10. The van der Waals surface area contributed by atoms with E-state index >= 15 is 0 Å². The van der Waals surface area contributed by atoms with Gasteiger partial charge in [-0.1, -0.05) is 25.1 Å². The second kappa shape index (κ2) is 7.97. The molecule has 0 aliphatic rings. The zero-order valence-corrected chi connectivity index (χ0v) is 15.0. The van der Waals surface area contributed by atoms with E-state index in [0.29, 0.717) is 17.3 Å². The maximum absolute atomic E-state index is 12.1. The summed E-state index contributed by atoms with van der Waals surface area (Å²) in [7, 11) is 2.81. The first kappa shape index (κ1) is 18.7. The van der Waals surface area contributed by atoms with Crippen molar-refractivity contribution >= 4 is 23.5 Å². The van der Waals surface area contributed by atoms with Crippen LogP contribution in [0, 0.1) is 0 Å². The molecule has 25 heavy (non-hydrogen) atoms. The molecule has 0 fully saturated rings. The summed E-state index contributed by atoms with van der Waals surface area (Å²) in [5.74, 6) is -0.335. The molecule has 2 rings (SSSR count). The van der Waals surface area contributed by atoms with Gasteiger partial charge in [0.15, 0.2) is 5.16 Å². The van der Waals surface area contributed by atoms with E-state index < -0.39 is 17.2 Å². The minimum Gasteiger partial charge on any atom is -0.311 e. The molecule has 2 aromatic heterocycles. The number of nitrogens with zero attached hydrogens (tertiary/aromatic N) is 3. The molecule has 9 nitrogen and oxygen atoms in total. The molecule has 0 atom stereocenters. The number of thioether (sulfide) groups is 1. The highest BCUT2D eigenvalue weighted by Crippen LogP contribution is 2.12. The lowest BCUT2D eigenvalue weighted by molar-refractivity contribution is -0.113. The Bertz CT molecular complexity index is 960.